The highest BCUT2D eigenvalue weighted by atomic mass is 32.2. The number of sulfonamides is 1. The third-order valence-corrected chi connectivity index (χ3v) is 6.48. The number of nitrogens with zero attached hydrogens (tertiary/aromatic N) is 2. The first-order valence-corrected chi connectivity index (χ1v) is 12.9. The number of amides is 2. The van der Waals surface area contributed by atoms with Crippen molar-refractivity contribution < 1.29 is 27.1 Å². The van der Waals surface area contributed by atoms with Gasteiger partial charge in [-0.2, -0.15) is 0 Å². The molecule has 0 aliphatic carbocycles. The van der Waals surface area contributed by atoms with Crippen molar-refractivity contribution in [2.45, 2.75) is 39.3 Å². The molecule has 186 valence electrons. The van der Waals surface area contributed by atoms with Crippen LogP contribution in [0.4, 0.5) is 10.1 Å². The molecule has 0 aromatic heterocycles. The van der Waals surface area contributed by atoms with Crippen molar-refractivity contribution in [1.29, 1.82) is 0 Å². The molecule has 0 saturated carbocycles. The maximum Gasteiger partial charge on any atom is 0.242 e. The molecule has 1 N–H and O–H groups in total. The summed E-state index contributed by atoms with van der Waals surface area (Å²) in [7, 11) is -2.19. The molecule has 0 aliphatic heterocycles. The second-order valence-corrected chi connectivity index (χ2v) is 9.65. The number of benzene rings is 2. The molecule has 2 rings (SSSR count). The highest BCUT2D eigenvalue weighted by Gasteiger charge is 2.27. The Bertz CT molecular complexity index is 1090. The zero-order chi connectivity index (χ0) is 25.3. The number of rotatable bonds is 12. The first-order valence-electron chi connectivity index (χ1n) is 11.0. The maximum absolute atomic E-state index is 14.2. The van der Waals surface area contributed by atoms with Crippen molar-refractivity contribution in [3.8, 4) is 5.75 Å². The van der Waals surface area contributed by atoms with Crippen molar-refractivity contribution in [2.24, 2.45) is 0 Å². The zero-order valence-corrected chi connectivity index (χ0v) is 20.8. The number of likely N-dealkylation sites (N-methyl/N-ethyl adjacent to an activating group) is 1. The molecule has 2 amide bonds. The van der Waals surface area contributed by atoms with Gasteiger partial charge in [0.15, 0.2) is 0 Å². The van der Waals surface area contributed by atoms with Gasteiger partial charge in [-0.05, 0) is 38.5 Å². The molecular formula is C24H32FN3O5S. The molecule has 34 heavy (non-hydrogen) atoms. The monoisotopic (exact) mass is 493 g/mol. The molecule has 2 aromatic rings. The van der Waals surface area contributed by atoms with Crippen LogP contribution < -0.4 is 14.4 Å². The van der Waals surface area contributed by atoms with E-state index in [1.165, 1.54) is 22.3 Å². The summed E-state index contributed by atoms with van der Waals surface area (Å²) < 4.78 is 46.0. The predicted octanol–water partition coefficient (Wildman–Crippen LogP) is 2.93. The van der Waals surface area contributed by atoms with Gasteiger partial charge in [0.25, 0.3) is 0 Å². The van der Waals surface area contributed by atoms with E-state index in [1.807, 2.05) is 0 Å². The van der Waals surface area contributed by atoms with Crippen LogP contribution in [0, 0.1) is 5.82 Å². The number of halogens is 1. The number of ether oxygens (including phenoxy) is 1. The van der Waals surface area contributed by atoms with Crippen molar-refractivity contribution in [2.75, 3.05) is 30.8 Å². The highest BCUT2D eigenvalue weighted by molar-refractivity contribution is 7.92. The fraction of sp³-hybridized carbons (Fsp3) is 0.417. The summed E-state index contributed by atoms with van der Waals surface area (Å²) in [5.41, 5.74) is 0.677. The lowest BCUT2D eigenvalue weighted by atomic mass is 10.1. The van der Waals surface area contributed by atoms with Crippen LogP contribution in [-0.2, 0) is 26.2 Å². The number of para-hydroxylation sites is 2. The van der Waals surface area contributed by atoms with Crippen molar-refractivity contribution >= 4 is 27.5 Å². The van der Waals surface area contributed by atoms with Crippen molar-refractivity contribution in [1.82, 2.24) is 10.2 Å². The number of carbonyl (C=O) groups excluding carboxylic acids is 2. The summed E-state index contributed by atoms with van der Waals surface area (Å²) in [6, 6.07) is 12.0. The topological polar surface area (TPSA) is 96.0 Å². The number of hydrogen-bond donors (Lipinski definition) is 1. The average Bonchev–Trinajstić information content (AvgIpc) is 2.80. The van der Waals surface area contributed by atoms with Gasteiger partial charge in [-0.15, -0.1) is 0 Å². The van der Waals surface area contributed by atoms with E-state index in [1.54, 1.807) is 56.3 Å². The first kappa shape index (κ1) is 27.1. The molecule has 0 unspecified atom stereocenters. The minimum Gasteiger partial charge on any atom is -0.492 e. The Morgan fingerprint density at radius 1 is 1.12 bits per heavy atom. The molecule has 1 atom stereocenters. The van der Waals surface area contributed by atoms with Gasteiger partial charge in [0, 0.05) is 32.1 Å². The van der Waals surface area contributed by atoms with Gasteiger partial charge in [0.1, 0.15) is 17.6 Å². The van der Waals surface area contributed by atoms with Gasteiger partial charge >= 0.3 is 0 Å². The fourth-order valence-electron chi connectivity index (χ4n) is 3.52. The van der Waals surface area contributed by atoms with Gasteiger partial charge in [0.2, 0.25) is 21.8 Å². The Morgan fingerprint density at radius 2 is 1.76 bits per heavy atom. The number of carbonyl (C=O) groups is 2. The number of anilines is 1. The van der Waals surface area contributed by atoms with Crippen molar-refractivity contribution in [3.05, 3.63) is 59.9 Å². The Morgan fingerprint density at radius 3 is 2.38 bits per heavy atom. The van der Waals surface area contributed by atoms with E-state index in [9.17, 15) is 22.4 Å². The molecule has 0 fully saturated rings. The van der Waals surface area contributed by atoms with Crippen LogP contribution in [0.25, 0.3) is 0 Å². The molecule has 0 radical (unpaired) electrons. The summed E-state index contributed by atoms with van der Waals surface area (Å²) in [4.78, 5) is 26.6. The van der Waals surface area contributed by atoms with E-state index in [4.69, 9.17) is 4.74 Å². The molecule has 0 saturated heterocycles. The molecule has 2 aromatic carbocycles. The Labute approximate surface area is 200 Å². The van der Waals surface area contributed by atoms with Crippen LogP contribution in [0.15, 0.2) is 48.5 Å². The largest absolute Gasteiger partial charge is 0.492 e. The van der Waals surface area contributed by atoms with E-state index in [-0.39, 0.29) is 43.3 Å². The minimum atomic E-state index is -3.65. The Kier molecular flexibility index (Phi) is 9.85. The van der Waals surface area contributed by atoms with Gasteiger partial charge in [0.05, 0.1) is 18.6 Å². The quantitative estimate of drug-likeness (QED) is 0.491. The smallest absolute Gasteiger partial charge is 0.242 e. The van der Waals surface area contributed by atoms with Crippen LogP contribution in [0.2, 0.25) is 0 Å². The lowest BCUT2D eigenvalue weighted by molar-refractivity contribution is -0.140. The van der Waals surface area contributed by atoms with Crippen LogP contribution in [-0.4, -0.2) is 57.6 Å². The summed E-state index contributed by atoms with van der Waals surface area (Å²) in [5, 5.41) is 2.51. The standard InChI is InChI=1S/C24H32FN3O5S/c1-5-33-22-14-9-8-13-21(22)28(34(4,31)32)16-10-15-23(29)27(18(2)24(30)26-3)17-19-11-6-7-12-20(19)25/h6-9,11-14,18H,5,10,15-17H2,1-4H3,(H,26,30)/t18-/m0/s1. The number of nitrogens with one attached hydrogen (secondary N) is 1. The zero-order valence-electron chi connectivity index (χ0n) is 20.0. The van der Waals surface area contributed by atoms with E-state index in [0.29, 0.717) is 18.0 Å². The summed E-state index contributed by atoms with van der Waals surface area (Å²) >= 11 is 0. The second-order valence-electron chi connectivity index (χ2n) is 7.74. The van der Waals surface area contributed by atoms with Gasteiger partial charge in [-0.25, -0.2) is 12.8 Å². The van der Waals surface area contributed by atoms with E-state index < -0.39 is 21.9 Å². The molecule has 0 bridgehead atoms. The lowest BCUT2D eigenvalue weighted by Gasteiger charge is -2.29. The van der Waals surface area contributed by atoms with Crippen LogP contribution in [0.3, 0.4) is 0 Å². The van der Waals surface area contributed by atoms with Gasteiger partial charge in [-0.1, -0.05) is 30.3 Å². The Hall–Kier alpha value is -3.14. The molecule has 8 nitrogen and oxygen atoms in total. The van der Waals surface area contributed by atoms with E-state index >= 15 is 0 Å². The third kappa shape index (κ3) is 7.18. The molecule has 0 aliphatic rings. The van der Waals surface area contributed by atoms with E-state index in [2.05, 4.69) is 5.32 Å². The van der Waals surface area contributed by atoms with Crippen molar-refractivity contribution in [3.63, 3.8) is 0 Å². The summed E-state index contributed by atoms with van der Waals surface area (Å²) in [5.74, 6) is -0.810. The maximum atomic E-state index is 14.2. The molecule has 0 spiro atoms. The minimum absolute atomic E-state index is 0.0292. The number of hydrogen-bond acceptors (Lipinski definition) is 5. The SMILES string of the molecule is CCOc1ccccc1N(CCCC(=O)N(Cc1ccccc1F)[C@@H](C)C(=O)NC)S(C)(=O)=O. The van der Waals surface area contributed by atoms with Crippen LogP contribution >= 0.6 is 0 Å². The second kappa shape index (κ2) is 12.4. The average molecular weight is 494 g/mol. The molecular weight excluding hydrogens is 461 g/mol. The lowest BCUT2D eigenvalue weighted by Crippen LogP contribution is -2.47. The summed E-state index contributed by atoms with van der Waals surface area (Å²) in [6.45, 7) is 3.70. The normalized spacial score (nSPS) is 12.0. The predicted molar refractivity (Wildman–Crippen MR) is 130 cm³/mol. The van der Waals surface area contributed by atoms with Crippen LogP contribution in [0.5, 0.6) is 5.75 Å². The fourth-order valence-corrected chi connectivity index (χ4v) is 4.49. The molecule has 0 heterocycles. The first-order chi connectivity index (χ1) is 16.1. The molecule has 10 heteroatoms. The summed E-state index contributed by atoms with van der Waals surface area (Å²) in [6.07, 6.45) is 1.26. The third-order valence-electron chi connectivity index (χ3n) is 5.30. The van der Waals surface area contributed by atoms with Gasteiger partial charge in [-0.3, -0.25) is 13.9 Å². The van der Waals surface area contributed by atoms with E-state index in [0.717, 1.165) is 6.26 Å². The Balaban J connectivity index is 2.20. The highest BCUT2D eigenvalue weighted by Crippen LogP contribution is 2.30. The van der Waals surface area contributed by atoms with Crippen LogP contribution in [0.1, 0.15) is 32.3 Å². The van der Waals surface area contributed by atoms with Gasteiger partial charge < -0.3 is 15.0 Å².